The molecule has 7 nitrogen and oxygen atoms in total. The van der Waals surface area contributed by atoms with Crippen LogP contribution < -0.4 is 16.6 Å². The second kappa shape index (κ2) is 5.68. The van der Waals surface area contributed by atoms with Crippen molar-refractivity contribution in [3.05, 3.63) is 41.1 Å². The van der Waals surface area contributed by atoms with Gasteiger partial charge >= 0.3 is 0 Å². The first-order chi connectivity index (χ1) is 11.0. The van der Waals surface area contributed by atoms with Crippen LogP contribution in [0.5, 0.6) is 0 Å². The number of anilines is 2. The number of aromatic nitrogens is 4. The van der Waals surface area contributed by atoms with Gasteiger partial charge in [-0.1, -0.05) is 0 Å². The van der Waals surface area contributed by atoms with E-state index in [4.69, 9.17) is 5.73 Å². The number of nitrogens with zero attached hydrogens (tertiary/aromatic N) is 4. The first kappa shape index (κ1) is 15.0. The Morgan fingerprint density at radius 2 is 1.96 bits per heavy atom. The van der Waals surface area contributed by atoms with E-state index in [1.165, 1.54) is 0 Å². The molecule has 0 fully saturated rings. The zero-order valence-electron chi connectivity index (χ0n) is 13.2. The van der Waals surface area contributed by atoms with E-state index in [1.807, 2.05) is 26.0 Å². The molecule has 0 saturated heterocycles. The molecule has 0 aliphatic carbocycles. The summed E-state index contributed by atoms with van der Waals surface area (Å²) in [5, 5.41) is 4.64. The summed E-state index contributed by atoms with van der Waals surface area (Å²) in [5.74, 6) is 0.773. The Kier molecular flexibility index (Phi) is 3.69. The Balaban J connectivity index is 2.27. The highest BCUT2D eigenvalue weighted by atomic mass is 16.1. The third kappa shape index (κ3) is 2.85. The predicted octanol–water partition coefficient (Wildman–Crippen LogP) is 1.79. The molecule has 3 N–H and O–H groups in total. The maximum Gasteiger partial charge on any atom is 0.261 e. The van der Waals surface area contributed by atoms with E-state index in [9.17, 15) is 4.79 Å². The molecular weight excluding hydrogens is 292 g/mol. The fourth-order valence-electron chi connectivity index (χ4n) is 2.35. The van der Waals surface area contributed by atoms with Crippen molar-refractivity contribution in [1.29, 1.82) is 0 Å². The Morgan fingerprint density at radius 3 is 2.61 bits per heavy atom. The monoisotopic (exact) mass is 310 g/mol. The van der Waals surface area contributed by atoms with Crippen molar-refractivity contribution in [1.82, 2.24) is 19.5 Å². The van der Waals surface area contributed by atoms with Crippen molar-refractivity contribution in [3.63, 3.8) is 0 Å². The molecule has 0 radical (unpaired) electrons. The number of nitrogen functional groups attached to an aromatic ring is 1. The van der Waals surface area contributed by atoms with Crippen LogP contribution in [0.15, 0.2) is 35.5 Å². The van der Waals surface area contributed by atoms with Crippen molar-refractivity contribution in [2.45, 2.75) is 19.9 Å². The average molecular weight is 310 g/mol. The molecule has 7 heteroatoms. The molecule has 3 aromatic rings. The third-order valence-electron chi connectivity index (χ3n) is 3.45. The van der Waals surface area contributed by atoms with Gasteiger partial charge in [0.1, 0.15) is 5.82 Å². The SMILES string of the molecule is CC(C)Nc1nc(-c2cnc(N)nc2)cc2ccn(C)c(=O)c12. The normalized spacial score (nSPS) is 11.1. The van der Waals surface area contributed by atoms with Gasteiger partial charge in [0, 0.05) is 37.2 Å². The zero-order chi connectivity index (χ0) is 16.6. The van der Waals surface area contributed by atoms with E-state index in [1.54, 1.807) is 30.2 Å². The lowest BCUT2D eigenvalue weighted by Crippen LogP contribution is -2.20. The maximum atomic E-state index is 12.5. The Bertz CT molecular complexity index is 914. The standard InChI is InChI=1S/C16H18N6O/c1-9(2)20-14-13-10(4-5-22(3)15(13)23)6-12(21-14)11-7-18-16(17)19-8-11/h4-9H,1-3H3,(H,20,21)(H2,17,18,19). The van der Waals surface area contributed by atoms with Crippen molar-refractivity contribution in [2.24, 2.45) is 7.05 Å². The number of nitrogens with two attached hydrogens (primary N) is 1. The maximum absolute atomic E-state index is 12.5. The number of pyridine rings is 2. The number of hydrogen-bond donors (Lipinski definition) is 2. The summed E-state index contributed by atoms with van der Waals surface area (Å²) in [6, 6.07) is 3.90. The summed E-state index contributed by atoms with van der Waals surface area (Å²) in [6.45, 7) is 4.00. The summed E-state index contributed by atoms with van der Waals surface area (Å²) < 4.78 is 1.54. The molecule has 0 saturated carbocycles. The minimum absolute atomic E-state index is 0.0849. The van der Waals surface area contributed by atoms with E-state index in [0.717, 1.165) is 10.9 Å². The fourth-order valence-corrected chi connectivity index (χ4v) is 2.35. The molecule has 118 valence electrons. The van der Waals surface area contributed by atoms with Crippen LogP contribution in [0.1, 0.15) is 13.8 Å². The van der Waals surface area contributed by atoms with Gasteiger partial charge in [0.05, 0.1) is 11.1 Å². The smallest absolute Gasteiger partial charge is 0.261 e. The van der Waals surface area contributed by atoms with E-state index in [2.05, 4.69) is 20.3 Å². The van der Waals surface area contributed by atoms with Crippen LogP contribution in [0.25, 0.3) is 22.0 Å². The minimum Gasteiger partial charge on any atom is -0.368 e. The Hall–Kier alpha value is -2.96. The van der Waals surface area contributed by atoms with Crippen LogP contribution in [0.2, 0.25) is 0 Å². The van der Waals surface area contributed by atoms with Crippen molar-refractivity contribution in [2.75, 3.05) is 11.1 Å². The second-order valence-electron chi connectivity index (χ2n) is 5.68. The largest absolute Gasteiger partial charge is 0.368 e. The summed E-state index contributed by atoms with van der Waals surface area (Å²) in [4.78, 5) is 25.1. The van der Waals surface area contributed by atoms with E-state index in [0.29, 0.717) is 16.9 Å². The Labute approximate surface area is 133 Å². The molecule has 3 heterocycles. The lowest BCUT2D eigenvalue weighted by atomic mass is 10.1. The number of aryl methyl sites for hydroxylation is 1. The van der Waals surface area contributed by atoms with Gasteiger partial charge in [0.2, 0.25) is 5.95 Å². The fraction of sp³-hybridized carbons (Fsp3) is 0.250. The van der Waals surface area contributed by atoms with Crippen LogP contribution in [-0.2, 0) is 7.05 Å². The molecule has 0 aromatic carbocycles. The molecule has 0 spiro atoms. The Morgan fingerprint density at radius 1 is 1.26 bits per heavy atom. The summed E-state index contributed by atoms with van der Waals surface area (Å²) in [5.41, 5.74) is 6.88. The number of nitrogens with one attached hydrogen (secondary N) is 1. The van der Waals surface area contributed by atoms with Crippen molar-refractivity contribution < 1.29 is 0 Å². The number of rotatable bonds is 3. The van der Waals surface area contributed by atoms with E-state index >= 15 is 0 Å². The highest BCUT2D eigenvalue weighted by molar-refractivity contribution is 5.93. The quantitative estimate of drug-likeness (QED) is 0.765. The molecule has 3 rings (SSSR count). The molecule has 0 unspecified atom stereocenters. The van der Waals surface area contributed by atoms with Gasteiger partial charge in [0.25, 0.3) is 5.56 Å². The molecule has 0 amide bonds. The third-order valence-corrected chi connectivity index (χ3v) is 3.45. The van der Waals surface area contributed by atoms with Crippen LogP contribution in [0, 0.1) is 0 Å². The molecule has 23 heavy (non-hydrogen) atoms. The van der Waals surface area contributed by atoms with Gasteiger partial charge in [-0.05, 0) is 31.4 Å². The average Bonchev–Trinajstić information content (AvgIpc) is 2.51. The first-order valence-electron chi connectivity index (χ1n) is 7.30. The molecule has 0 bridgehead atoms. The van der Waals surface area contributed by atoms with Crippen LogP contribution in [-0.4, -0.2) is 25.6 Å². The van der Waals surface area contributed by atoms with E-state index in [-0.39, 0.29) is 17.5 Å². The summed E-state index contributed by atoms with van der Waals surface area (Å²) >= 11 is 0. The lowest BCUT2D eigenvalue weighted by Gasteiger charge is -2.14. The van der Waals surface area contributed by atoms with Gasteiger partial charge in [-0.25, -0.2) is 15.0 Å². The van der Waals surface area contributed by atoms with Gasteiger partial charge in [-0.2, -0.15) is 0 Å². The topological polar surface area (TPSA) is 98.7 Å². The van der Waals surface area contributed by atoms with Gasteiger partial charge in [-0.3, -0.25) is 4.79 Å². The van der Waals surface area contributed by atoms with E-state index < -0.39 is 0 Å². The van der Waals surface area contributed by atoms with Gasteiger partial charge in [-0.15, -0.1) is 0 Å². The molecular formula is C16H18N6O. The molecule has 0 aliphatic rings. The molecule has 3 aromatic heterocycles. The first-order valence-corrected chi connectivity index (χ1v) is 7.30. The van der Waals surface area contributed by atoms with Crippen molar-refractivity contribution >= 4 is 22.5 Å². The predicted molar refractivity (Wildman–Crippen MR) is 91.2 cm³/mol. The highest BCUT2D eigenvalue weighted by Crippen LogP contribution is 2.25. The highest BCUT2D eigenvalue weighted by Gasteiger charge is 2.13. The summed E-state index contributed by atoms with van der Waals surface area (Å²) in [7, 11) is 1.72. The summed E-state index contributed by atoms with van der Waals surface area (Å²) in [6.07, 6.45) is 4.99. The van der Waals surface area contributed by atoms with Gasteiger partial charge < -0.3 is 15.6 Å². The molecule has 0 atom stereocenters. The number of fused-ring (bicyclic) bond motifs is 1. The number of hydrogen-bond acceptors (Lipinski definition) is 6. The van der Waals surface area contributed by atoms with Crippen LogP contribution >= 0.6 is 0 Å². The van der Waals surface area contributed by atoms with Crippen molar-refractivity contribution in [3.8, 4) is 11.3 Å². The zero-order valence-corrected chi connectivity index (χ0v) is 13.2. The van der Waals surface area contributed by atoms with Gasteiger partial charge in [0.15, 0.2) is 0 Å². The minimum atomic E-state index is -0.0849. The second-order valence-corrected chi connectivity index (χ2v) is 5.68. The molecule has 0 aliphatic heterocycles. The van der Waals surface area contributed by atoms with Crippen LogP contribution in [0.3, 0.4) is 0 Å². The van der Waals surface area contributed by atoms with Crippen LogP contribution in [0.4, 0.5) is 11.8 Å². The lowest BCUT2D eigenvalue weighted by molar-refractivity contribution is 0.866.